The molecule has 0 aliphatic heterocycles. The largest absolute Gasteiger partial charge is 0.456 e. The molecule has 0 saturated heterocycles. The monoisotopic (exact) mass is 1350 g/mol. The van der Waals surface area contributed by atoms with E-state index in [0.717, 1.165) is 155 Å². The molecule has 494 valence electrons. The Bertz CT molecular complexity index is 6970. The van der Waals surface area contributed by atoms with Crippen molar-refractivity contribution in [1.29, 1.82) is 0 Å². The average molecular weight is 1360 g/mol. The third kappa shape index (κ3) is 10.2. The van der Waals surface area contributed by atoms with Crippen LogP contribution in [-0.2, 0) is 0 Å². The molecule has 0 bridgehead atoms. The van der Waals surface area contributed by atoms with E-state index < -0.39 is 0 Å². The van der Waals surface area contributed by atoms with E-state index in [4.69, 9.17) is 38.7 Å². The number of aromatic nitrogens is 8. The lowest BCUT2D eigenvalue weighted by Gasteiger charge is -2.11. The van der Waals surface area contributed by atoms with E-state index >= 15 is 0 Å². The van der Waals surface area contributed by atoms with Gasteiger partial charge in [-0.15, -0.1) is 0 Å². The molecule has 106 heavy (non-hydrogen) atoms. The van der Waals surface area contributed by atoms with E-state index in [0.29, 0.717) is 40.5 Å². The van der Waals surface area contributed by atoms with E-state index in [1.54, 1.807) is 0 Å². The Morgan fingerprint density at radius 3 is 1.20 bits per heavy atom. The Kier molecular flexibility index (Phi) is 14.0. The minimum absolute atomic E-state index is 0.518. The summed E-state index contributed by atoms with van der Waals surface area (Å²) >= 11 is 0. The first kappa shape index (κ1) is 60.3. The average Bonchev–Trinajstić information content (AvgIpc) is 1.59. The van der Waals surface area contributed by atoms with Crippen molar-refractivity contribution in [2.24, 2.45) is 0 Å². The van der Waals surface area contributed by atoms with Crippen LogP contribution in [0.2, 0.25) is 0 Å². The predicted molar refractivity (Wildman–Crippen MR) is 431 cm³/mol. The molecule has 0 aliphatic carbocycles. The lowest BCUT2D eigenvalue weighted by Crippen LogP contribution is -2.00. The van der Waals surface area contributed by atoms with E-state index in [2.05, 4.69) is 258 Å². The molecule has 15 aromatic carbocycles. The molecule has 0 atom stereocenters. The van der Waals surface area contributed by atoms with Crippen LogP contribution in [-0.4, -0.2) is 39.0 Å². The summed E-state index contributed by atoms with van der Waals surface area (Å²) < 4.78 is 18.5. The Morgan fingerprint density at radius 2 is 0.566 bits per heavy atom. The molecular formula is C96H58N8O2. The lowest BCUT2D eigenvalue weighted by atomic mass is 9.98. The molecular weight excluding hydrogens is 1300 g/mol. The highest BCUT2D eigenvalue weighted by Gasteiger charge is 2.24. The van der Waals surface area contributed by atoms with Crippen molar-refractivity contribution < 1.29 is 8.83 Å². The fourth-order valence-electron chi connectivity index (χ4n) is 15.6. The fraction of sp³-hybridized carbons (Fsp3) is 0. The maximum Gasteiger partial charge on any atom is 0.167 e. The van der Waals surface area contributed by atoms with Crippen LogP contribution in [0.4, 0.5) is 0 Å². The first-order valence-corrected chi connectivity index (χ1v) is 35.5. The van der Waals surface area contributed by atoms with Gasteiger partial charge in [0.05, 0.1) is 27.6 Å². The van der Waals surface area contributed by atoms with Crippen molar-refractivity contribution in [1.82, 2.24) is 39.0 Å². The molecule has 10 nitrogen and oxygen atoms in total. The van der Waals surface area contributed by atoms with Gasteiger partial charge in [0.2, 0.25) is 0 Å². The Hall–Kier alpha value is -14.5. The van der Waals surface area contributed by atoms with Gasteiger partial charge in [0.15, 0.2) is 34.9 Å². The van der Waals surface area contributed by atoms with Gasteiger partial charge in [0.1, 0.15) is 22.3 Å². The van der Waals surface area contributed by atoms with Crippen molar-refractivity contribution in [3.05, 3.63) is 352 Å². The minimum Gasteiger partial charge on any atom is -0.456 e. The number of benzene rings is 15. The van der Waals surface area contributed by atoms with Crippen LogP contribution in [0.15, 0.2) is 361 Å². The molecule has 0 aliphatic rings. The topological polar surface area (TPSA) is 113 Å². The number of fused-ring (bicyclic) bond motifs is 12. The van der Waals surface area contributed by atoms with Gasteiger partial charge in [-0.05, 0) is 124 Å². The molecule has 0 radical (unpaired) electrons. The van der Waals surface area contributed by atoms with Gasteiger partial charge < -0.3 is 18.0 Å². The zero-order valence-corrected chi connectivity index (χ0v) is 56.9. The van der Waals surface area contributed by atoms with Gasteiger partial charge in [0, 0.05) is 87.8 Å². The summed E-state index contributed by atoms with van der Waals surface area (Å²) in [7, 11) is 0. The van der Waals surface area contributed by atoms with Crippen LogP contribution in [0.5, 0.6) is 0 Å². The summed E-state index contributed by atoms with van der Waals surface area (Å²) in [5.74, 6) is 3.41. The molecule has 10 heteroatoms. The Morgan fingerprint density at radius 1 is 0.189 bits per heavy atom. The maximum absolute atomic E-state index is 7.14. The van der Waals surface area contributed by atoms with Gasteiger partial charge in [-0.3, -0.25) is 0 Å². The molecule has 21 aromatic rings. The second-order valence-corrected chi connectivity index (χ2v) is 26.9. The normalized spacial score (nSPS) is 11.8. The number of nitrogens with zero attached hydrogens (tertiary/aromatic N) is 8. The fourth-order valence-corrected chi connectivity index (χ4v) is 15.6. The third-order valence-electron chi connectivity index (χ3n) is 20.7. The molecule has 0 unspecified atom stereocenters. The van der Waals surface area contributed by atoms with Crippen molar-refractivity contribution >= 4 is 87.5 Å². The highest BCUT2D eigenvalue weighted by atomic mass is 16.3. The molecule has 6 heterocycles. The number of rotatable bonds is 12. The molecule has 0 N–H and O–H groups in total. The SMILES string of the molecule is c1ccc(-c2ccc(-n3c4ccc(-c5ccc6oc7cccc(-c8nc(-c9ccccc9)nc(-c9ccccc9)n8)c7c6c5)cc4c4ccc(-c5ccc(-c6nc(-c7ccccc7)nc(-c7cccc8c7oc7c(-c9ccc%10c(c9)c9ccccc9n%10-c9ccccc9)cccc78)n6)cc5)cc43)cc2)cc1. The minimum atomic E-state index is 0.518. The van der Waals surface area contributed by atoms with Crippen LogP contribution in [0.1, 0.15) is 0 Å². The number of furan rings is 2. The summed E-state index contributed by atoms with van der Waals surface area (Å²) in [6.45, 7) is 0. The number of para-hydroxylation sites is 4. The third-order valence-corrected chi connectivity index (χ3v) is 20.7. The summed E-state index contributed by atoms with van der Waals surface area (Å²) in [5.41, 5.74) is 23.5. The van der Waals surface area contributed by atoms with Gasteiger partial charge in [-0.2, -0.15) is 0 Å². The highest BCUT2D eigenvalue weighted by molar-refractivity contribution is 6.17. The zero-order chi connectivity index (χ0) is 69.8. The van der Waals surface area contributed by atoms with Crippen molar-refractivity contribution in [2.75, 3.05) is 0 Å². The lowest BCUT2D eigenvalue weighted by molar-refractivity contribution is 0.669. The molecule has 21 rings (SSSR count). The second-order valence-electron chi connectivity index (χ2n) is 26.9. The first-order chi connectivity index (χ1) is 52.5. The Labute approximate surface area is 607 Å². The van der Waals surface area contributed by atoms with Gasteiger partial charge in [-0.25, -0.2) is 29.9 Å². The molecule has 6 aromatic heterocycles. The maximum atomic E-state index is 7.14. The van der Waals surface area contributed by atoms with Crippen molar-refractivity contribution in [2.45, 2.75) is 0 Å². The number of hydrogen-bond acceptors (Lipinski definition) is 8. The quantitative estimate of drug-likeness (QED) is 0.119. The van der Waals surface area contributed by atoms with Crippen molar-refractivity contribution in [3.63, 3.8) is 0 Å². The molecule has 0 amide bonds. The zero-order valence-electron chi connectivity index (χ0n) is 56.9. The summed E-state index contributed by atoms with van der Waals surface area (Å²) in [4.78, 5) is 31.1. The summed E-state index contributed by atoms with van der Waals surface area (Å²) in [6, 6.07) is 123. The molecule has 0 saturated carbocycles. The first-order valence-electron chi connectivity index (χ1n) is 35.5. The van der Waals surface area contributed by atoms with Crippen LogP contribution in [0, 0.1) is 0 Å². The van der Waals surface area contributed by atoms with Crippen LogP contribution in [0.3, 0.4) is 0 Å². The van der Waals surface area contributed by atoms with Crippen LogP contribution in [0.25, 0.3) is 212 Å². The standard InChI is InChI=1S/C96H58N8O2/c1-6-21-59(22-7-1)60-43-49-71(50-44-60)104-84-52-46-66(67-48-54-86-81(56-67)88-77(35-20-38-87(88)105-86)95-99-91(62-23-8-2-9-24-62)97-92(100-95)63-25-10-3-11-26-63)55-79(84)74-51-45-68(58-85(74)104)61-39-41-65(42-40-61)94-98-93(64-27-12-4-13-28-64)101-96(102-94)78-36-19-34-76-75-33-18-32-72(89(75)106-90(76)78)69-47-53-83-80(57-69)73-31-16-17-37-82(73)103(83)70-29-14-5-15-30-70/h1-58H. The van der Waals surface area contributed by atoms with Gasteiger partial charge in [-0.1, -0.05) is 267 Å². The van der Waals surface area contributed by atoms with Gasteiger partial charge >= 0.3 is 0 Å². The second kappa shape index (κ2) is 24.7. The van der Waals surface area contributed by atoms with E-state index in [1.807, 2.05) is 103 Å². The van der Waals surface area contributed by atoms with E-state index in [-0.39, 0.29) is 0 Å². The number of hydrogen-bond donors (Lipinski definition) is 0. The van der Waals surface area contributed by atoms with E-state index in [1.165, 1.54) is 16.3 Å². The smallest absolute Gasteiger partial charge is 0.167 e. The highest BCUT2D eigenvalue weighted by Crippen LogP contribution is 2.45. The predicted octanol–water partition coefficient (Wildman–Crippen LogP) is 24.7. The van der Waals surface area contributed by atoms with Crippen LogP contribution < -0.4 is 0 Å². The molecule has 0 spiro atoms. The summed E-state index contributed by atoms with van der Waals surface area (Å²) in [6.07, 6.45) is 0. The summed E-state index contributed by atoms with van der Waals surface area (Å²) in [5, 5.41) is 8.54. The van der Waals surface area contributed by atoms with E-state index in [9.17, 15) is 0 Å². The molecule has 0 fully saturated rings. The van der Waals surface area contributed by atoms with Crippen LogP contribution >= 0.6 is 0 Å². The van der Waals surface area contributed by atoms with Gasteiger partial charge in [0.25, 0.3) is 0 Å². The van der Waals surface area contributed by atoms with Crippen molar-refractivity contribution in [3.8, 4) is 124 Å². The Balaban J connectivity index is 0.656.